The fourth-order valence-corrected chi connectivity index (χ4v) is 8.46. The first-order valence-electron chi connectivity index (χ1n) is 14.0. The van der Waals surface area contributed by atoms with Gasteiger partial charge in [-0.05, 0) is 42.7 Å². The van der Waals surface area contributed by atoms with Crippen molar-refractivity contribution in [2.24, 2.45) is 39.9 Å². The summed E-state index contributed by atoms with van der Waals surface area (Å²) >= 11 is 0. The summed E-state index contributed by atoms with van der Waals surface area (Å²) in [6.07, 6.45) is 4.11. The van der Waals surface area contributed by atoms with Gasteiger partial charge in [-0.2, -0.15) is 0 Å². The van der Waals surface area contributed by atoms with Gasteiger partial charge < -0.3 is 18.6 Å². The molecule has 1 aliphatic heterocycles. The Morgan fingerprint density at radius 1 is 1.15 bits per heavy atom. The Balaban J connectivity index is 1.68. The molecule has 0 aromatic carbocycles. The molecule has 0 radical (unpaired) electrons. The number of carbonyl (C=O) groups excluding carboxylic acids is 4. The van der Waals surface area contributed by atoms with Gasteiger partial charge in [0.15, 0.2) is 0 Å². The van der Waals surface area contributed by atoms with E-state index in [0.29, 0.717) is 6.42 Å². The third-order valence-corrected chi connectivity index (χ3v) is 10.5. The highest BCUT2D eigenvalue weighted by Gasteiger charge is 2.68. The van der Waals surface area contributed by atoms with Crippen LogP contribution in [-0.4, -0.2) is 36.9 Å². The second-order valence-electron chi connectivity index (χ2n) is 13.2. The summed E-state index contributed by atoms with van der Waals surface area (Å²) in [5.74, 6) is -2.49. The number of allylic oxidation sites excluding steroid dienone is 1. The number of Topliss-reactive ketones (excluding diaryl/α,β-unsaturated/α-hetero) is 1. The molecule has 2 heterocycles. The van der Waals surface area contributed by atoms with Crippen molar-refractivity contribution in [3.63, 3.8) is 0 Å². The second-order valence-corrected chi connectivity index (χ2v) is 13.2. The zero-order valence-electron chi connectivity index (χ0n) is 24.0. The third-order valence-electron chi connectivity index (χ3n) is 10.5. The van der Waals surface area contributed by atoms with Gasteiger partial charge in [-0.3, -0.25) is 19.2 Å². The molecule has 4 aliphatic rings. The SMILES string of the molecule is COC(=O)C[C@@H]1C(C)(C)[C@@H](OC(=O)C(C)C)[C@@H]2CC3=C4CC(=O)O[C@@H](c5ccoc5)[C@]4(C)CC[C@H]3[C@@]1(C)C2=O. The summed E-state index contributed by atoms with van der Waals surface area (Å²) in [7, 11) is 1.35. The molecule has 39 heavy (non-hydrogen) atoms. The predicted octanol–water partition coefficient (Wildman–Crippen LogP) is 5.36. The number of hydrogen-bond donors (Lipinski definition) is 0. The van der Waals surface area contributed by atoms with Crippen LogP contribution in [-0.2, 0) is 33.4 Å². The first-order chi connectivity index (χ1) is 18.3. The van der Waals surface area contributed by atoms with Crippen molar-refractivity contribution < 1.29 is 37.8 Å². The van der Waals surface area contributed by atoms with E-state index in [1.165, 1.54) is 7.11 Å². The third kappa shape index (κ3) is 4.00. The van der Waals surface area contributed by atoms with Crippen LogP contribution in [0, 0.1) is 39.9 Å². The molecule has 0 spiro atoms. The zero-order chi connectivity index (χ0) is 28.5. The Morgan fingerprint density at radius 3 is 2.49 bits per heavy atom. The maximum Gasteiger partial charge on any atom is 0.310 e. The summed E-state index contributed by atoms with van der Waals surface area (Å²) in [6, 6.07) is 1.83. The molecule has 1 aromatic heterocycles. The normalized spacial score (nSPS) is 37.1. The van der Waals surface area contributed by atoms with Crippen LogP contribution in [0.15, 0.2) is 34.2 Å². The number of methoxy groups -OCH3 is 1. The Labute approximate surface area is 229 Å². The Hall–Kier alpha value is -2.90. The Bertz CT molecular complexity index is 1220. The first-order valence-corrected chi connectivity index (χ1v) is 14.0. The standard InChI is InChI=1S/C31H40O8/c1-16(2)28(35)39-27-19-12-18-20(31(6,25(19)34)22(29(27,3)4)14-23(32)36-7)8-10-30(5)21(18)13-24(33)38-26(30)17-9-11-37-15-17/h9,11,15-16,19-20,22,26-27H,8,10,12-14H2,1-7H3/t19-,20-,22-,26+,27+,30-,31-/m1/s1. The molecular weight excluding hydrogens is 500 g/mol. The number of rotatable bonds is 5. The maximum absolute atomic E-state index is 14.4. The van der Waals surface area contributed by atoms with Crippen molar-refractivity contribution in [1.82, 2.24) is 0 Å². The number of cyclic esters (lactones) is 1. The van der Waals surface area contributed by atoms with Crippen molar-refractivity contribution in [3.8, 4) is 0 Å². The van der Waals surface area contributed by atoms with Gasteiger partial charge in [0.1, 0.15) is 18.0 Å². The van der Waals surface area contributed by atoms with Crippen LogP contribution in [0.1, 0.15) is 85.3 Å². The summed E-state index contributed by atoms with van der Waals surface area (Å²) in [6.45, 7) is 11.7. The zero-order valence-corrected chi connectivity index (χ0v) is 24.0. The number of furan rings is 1. The van der Waals surface area contributed by atoms with E-state index in [4.69, 9.17) is 18.6 Å². The van der Waals surface area contributed by atoms with E-state index >= 15 is 0 Å². The summed E-state index contributed by atoms with van der Waals surface area (Å²) in [4.78, 5) is 53.0. The van der Waals surface area contributed by atoms with Gasteiger partial charge in [-0.15, -0.1) is 0 Å². The molecule has 1 aromatic rings. The average Bonchev–Trinajstić information content (AvgIpc) is 3.41. The molecular formula is C31H40O8. The van der Waals surface area contributed by atoms with Crippen LogP contribution in [0.4, 0.5) is 0 Å². The largest absolute Gasteiger partial charge is 0.472 e. The lowest BCUT2D eigenvalue weighted by molar-refractivity contribution is -0.200. The lowest BCUT2D eigenvalue weighted by Gasteiger charge is -2.63. The summed E-state index contributed by atoms with van der Waals surface area (Å²) in [5.41, 5.74) is 0.943. The highest BCUT2D eigenvalue weighted by Crippen LogP contribution is 2.68. The van der Waals surface area contributed by atoms with Gasteiger partial charge in [0.05, 0.1) is 37.9 Å². The Morgan fingerprint density at radius 2 is 1.87 bits per heavy atom. The number of fused-ring (bicyclic) bond motifs is 5. The number of hydrogen-bond acceptors (Lipinski definition) is 8. The number of esters is 3. The minimum Gasteiger partial charge on any atom is -0.472 e. The van der Waals surface area contributed by atoms with Crippen LogP contribution in [0.2, 0.25) is 0 Å². The van der Waals surface area contributed by atoms with Crippen molar-refractivity contribution in [1.29, 1.82) is 0 Å². The predicted molar refractivity (Wildman–Crippen MR) is 140 cm³/mol. The molecule has 2 bridgehead atoms. The van der Waals surface area contributed by atoms with Crippen molar-refractivity contribution in [2.75, 3.05) is 7.11 Å². The van der Waals surface area contributed by atoms with Gasteiger partial charge in [0, 0.05) is 28.2 Å². The summed E-state index contributed by atoms with van der Waals surface area (Å²) < 4.78 is 22.5. The molecule has 3 fully saturated rings. The quantitative estimate of drug-likeness (QED) is 0.279. The number of ether oxygens (including phenoxy) is 3. The molecule has 0 unspecified atom stereocenters. The fraction of sp³-hybridized carbons (Fsp3) is 0.677. The topological polar surface area (TPSA) is 109 Å². The smallest absolute Gasteiger partial charge is 0.310 e. The lowest BCUT2D eigenvalue weighted by Crippen LogP contribution is -2.66. The molecule has 0 amide bonds. The molecule has 1 saturated heterocycles. The molecule has 2 saturated carbocycles. The maximum atomic E-state index is 14.4. The van der Waals surface area contributed by atoms with E-state index in [1.54, 1.807) is 26.4 Å². The van der Waals surface area contributed by atoms with Gasteiger partial charge in [-0.25, -0.2) is 0 Å². The Kier molecular flexibility index (Phi) is 6.62. The van der Waals surface area contributed by atoms with E-state index in [9.17, 15) is 19.2 Å². The van der Waals surface area contributed by atoms with Crippen molar-refractivity contribution >= 4 is 23.7 Å². The molecule has 3 aliphatic carbocycles. The molecule has 8 heteroatoms. The van der Waals surface area contributed by atoms with Crippen molar-refractivity contribution in [3.05, 3.63) is 35.3 Å². The van der Waals surface area contributed by atoms with E-state index in [-0.39, 0.29) is 42.4 Å². The highest BCUT2D eigenvalue weighted by atomic mass is 16.6. The average molecular weight is 541 g/mol. The first kappa shape index (κ1) is 27.7. The number of carbonyl (C=O) groups is 4. The lowest BCUT2D eigenvalue weighted by atomic mass is 9.40. The van der Waals surface area contributed by atoms with Crippen LogP contribution < -0.4 is 0 Å². The van der Waals surface area contributed by atoms with Gasteiger partial charge in [0.2, 0.25) is 0 Å². The molecule has 7 atom stereocenters. The van der Waals surface area contributed by atoms with E-state index < -0.39 is 46.3 Å². The monoisotopic (exact) mass is 540 g/mol. The van der Waals surface area contributed by atoms with E-state index in [2.05, 4.69) is 6.92 Å². The highest BCUT2D eigenvalue weighted by molar-refractivity contribution is 5.92. The second kappa shape index (κ2) is 9.34. The van der Waals surface area contributed by atoms with Crippen LogP contribution in [0.3, 0.4) is 0 Å². The van der Waals surface area contributed by atoms with Crippen LogP contribution in [0.25, 0.3) is 0 Å². The molecule has 212 valence electrons. The van der Waals surface area contributed by atoms with Gasteiger partial charge in [-0.1, -0.05) is 47.1 Å². The molecule has 0 N–H and O–H groups in total. The van der Waals surface area contributed by atoms with Gasteiger partial charge in [0.25, 0.3) is 0 Å². The van der Waals surface area contributed by atoms with Crippen molar-refractivity contribution in [2.45, 2.75) is 85.9 Å². The van der Waals surface area contributed by atoms with E-state index in [0.717, 1.165) is 29.6 Å². The fourth-order valence-electron chi connectivity index (χ4n) is 8.46. The summed E-state index contributed by atoms with van der Waals surface area (Å²) in [5, 5.41) is 0. The molecule has 8 nitrogen and oxygen atoms in total. The van der Waals surface area contributed by atoms with Gasteiger partial charge >= 0.3 is 17.9 Å². The van der Waals surface area contributed by atoms with E-state index in [1.807, 2.05) is 26.8 Å². The minimum absolute atomic E-state index is 0.0417. The number of ketones is 1. The van der Waals surface area contributed by atoms with Crippen LogP contribution in [0.5, 0.6) is 0 Å². The minimum atomic E-state index is -0.877. The molecule has 5 rings (SSSR count). The van der Waals surface area contributed by atoms with Crippen LogP contribution >= 0.6 is 0 Å².